The van der Waals surface area contributed by atoms with E-state index in [0.29, 0.717) is 12.2 Å². The molecule has 0 atom stereocenters. The number of hydroxylamine groups is 1. The number of anilines is 1. The van der Waals surface area contributed by atoms with Crippen LogP contribution in [0.3, 0.4) is 0 Å². The molecule has 1 aliphatic heterocycles. The Hall–Kier alpha value is -1.61. The molecule has 2 rings (SSSR count). The number of hydrogen-bond donors (Lipinski definition) is 2. The van der Waals surface area contributed by atoms with Gasteiger partial charge in [0.2, 0.25) is 0 Å². The fraction of sp³-hybridized carbons (Fsp3) is 0.462. The number of rotatable bonds is 3. The van der Waals surface area contributed by atoms with Crippen LogP contribution in [-0.2, 0) is 0 Å². The number of hydrogen-bond acceptors (Lipinski definition) is 5. The Morgan fingerprint density at radius 1 is 1.33 bits per heavy atom. The Balaban J connectivity index is 2.04. The molecule has 5 heteroatoms. The molecule has 0 saturated carbocycles. The zero-order valence-corrected chi connectivity index (χ0v) is 10.6. The molecule has 5 nitrogen and oxygen atoms in total. The van der Waals surface area contributed by atoms with E-state index >= 15 is 0 Å². The maximum absolute atomic E-state index is 8.86. The van der Waals surface area contributed by atoms with E-state index in [1.165, 1.54) is 5.69 Å². The second kappa shape index (κ2) is 5.83. The molecule has 1 saturated heterocycles. The highest BCUT2D eigenvalue weighted by Crippen LogP contribution is 2.22. The number of aryl methyl sites for hydroxylation is 1. The number of benzene rings is 1. The molecule has 0 spiro atoms. The Morgan fingerprint density at radius 2 is 2.06 bits per heavy atom. The van der Waals surface area contributed by atoms with E-state index in [1.54, 1.807) is 0 Å². The first-order chi connectivity index (χ1) is 8.74. The smallest absolute Gasteiger partial charge is 0.0991 e. The van der Waals surface area contributed by atoms with Gasteiger partial charge in [-0.25, -0.2) is 0 Å². The van der Waals surface area contributed by atoms with Crippen molar-refractivity contribution in [2.75, 3.05) is 37.7 Å². The fourth-order valence-electron chi connectivity index (χ4n) is 2.33. The number of nitrogens with zero attached hydrogens (tertiary/aromatic N) is 3. The first-order valence-corrected chi connectivity index (χ1v) is 6.09. The lowest BCUT2D eigenvalue weighted by molar-refractivity contribution is 0.0944. The van der Waals surface area contributed by atoms with E-state index in [-0.39, 0.29) is 0 Å². The minimum absolute atomic E-state index is 0.514. The van der Waals surface area contributed by atoms with Gasteiger partial charge in [0.1, 0.15) is 0 Å². The highest BCUT2D eigenvalue weighted by atomic mass is 16.5. The quantitative estimate of drug-likeness (QED) is 0.777. The van der Waals surface area contributed by atoms with Gasteiger partial charge in [-0.2, -0.15) is 10.7 Å². The fourth-order valence-corrected chi connectivity index (χ4v) is 2.33. The Morgan fingerprint density at radius 3 is 2.61 bits per heavy atom. The molecule has 0 bridgehead atoms. The van der Waals surface area contributed by atoms with Gasteiger partial charge in [-0.1, -0.05) is 0 Å². The van der Waals surface area contributed by atoms with Gasteiger partial charge >= 0.3 is 0 Å². The zero-order chi connectivity index (χ0) is 13.0. The van der Waals surface area contributed by atoms with E-state index in [9.17, 15) is 0 Å². The van der Waals surface area contributed by atoms with Crippen molar-refractivity contribution in [3.63, 3.8) is 0 Å². The van der Waals surface area contributed by atoms with Crippen molar-refractivity contribution >= 4 is 5.69 Å². The third-order valence-corrected chi connectivity index (χ3v) is 3.33. The average molecular weight is 246 g/mol. The highest BCUT2D eigenvalue weighted by Gasteiger charge is 2.17. The van der Waals surface area contributed by atoms with Crippen molar-refractivity contribution in [2.45, 2.75) is 6.92 Å². The lowest BCUT2D eigenvalue weighted by Gasteiger charge is -2.36. The molecule has 2 N–H and O–H groups in total. The second-order valence-electron chi connectivity index (χ2n) is 4.53. The van der Waals surface area contributed by atoms with Crippen LogP contribution in [0.15, 0.2) is 18.2 Å². The van der Waals surface area contributed by atoms with E-state index in [1.807, 2.05) is 25.1 Å². The highest BCUT2D eigenvalue weighted by molar-refractivity contribution is 5.56. The van der Waals surface area contributed by atoms with Crippen LogP contribution in [0.2, 0.25) is 0 Å². The molecular weight excluding hydrogens is 228 g/mol. The summed E-state index contributed by atoms with van der Waals surface area (Å²) in [6.45, 7) is 6.28. The summed E-state index contributed by atoms with van der Waals surface area (Å²) in [7, 11) is 0. The van der Waals surface area contributed by atoms with Gasteiger partial charge in [-0.15, -0.1) is 0 Å². The van der Waals surface area contributed by atoms with Gasteiger partial charge in [0.15, 0.2) is 0 Å². The summed E-state index contributed by atoms with van der Waals surface area (Å²) < 4.78 is 0. The second-order valence-corrected chi connectivity index (χ2v) is 4.53. The van der Waals surface area contributed by atoms with Crippen LogP contribution in [0.1, 0.15) is 11.1 Å². The SMILES string of the molecule is Cc1cc(C#N)ccc1N1CCN(CNO)CC1. The maximum Gasteiger partial charge on any atom is 0.0991 e. The predicted molar refractivity (Wildman–Crippen MR) is 69.5 cm³/mol. The summed E-state index contributed by atoms with van der Waals surface area (Å²) in [5, 5.41) is 17.5. The minimum Gasteiger partial charge on any atom is -0.369 e. The van der Waals surface area contributed by atoms with Gasteiger partial charge in [0.05, 0.1) is 18.3 Å². The first kappa shape index (κ1) is 12.8. The summed E-state index contributed by atoms with van der Waals surface area (Å²) in [5.41, 5.74) is 5.24. The lowest BCUT2D eigenvalue weighted by Crippen LogP contribution is -2.49. The minimum atomic E-state index is 0.514. The standard InChI is InChI=1S/C13H18N4O/c1-11-8-12(9-14)2-3-13(11)17-6-4-16(5-7-17)10-15-18/h2-3,8,15,18H,4-7,10H2,1H3. The Labute approximate surface area is 107 Å². The normalized spacial score (nSPS) is 16.6. The number of nitrogens with one attached hydrogen (secondary N) is 1. The lowest BCUT2D eigenvalue weighted by atomic mass is 10.1. The third kappa shape index (κ3) is 2.79. The molecule has 1 aromatic carbocycles. The molecule has 18 heavy (non-hydrogen) atoms. The van der Waals surface area contributed by atoms with E-state index in [2.05, 4.69) is 21.3 Å². The first-order valence-electron chi connectivity index (χ1n) is 6.09. The topological polar surface area (TPSA) is 62.5 Å². The van der Waals surface area contributed by atoms with Crippen LogP contribution >= 0.6 is 0 Å². The summed E-state index contributed by atoms with van der Waals surface area (Å²) in [5.74, 6) is 0. The van der Waals surface area contributed by atoms with E-state index in [0.717, 1.165) is 31.7 Å². The van der Waals surface area contributed by atoms with Gasteiger partial charge < -0.3 is 10.1 Å². The number of piperazine rings is 1. The molecule has 0 aromatic heterocycles. The largest absolute Gasteiger partial charge is 0.369 e. The van der Waals surface area contributed by atoms with Crippen molar-refractivity contribution in [1.29, 1.82) is 5.26 Å². The van der Waals surface area contributed by atoms with Crippen LogP contribution in [0.25, 0.3) is 0 Å². The monoisotopic (exact) mass is 246 g/mol. The van der Waals surface area contributed by atoms with E-state index < -0.39 is 0 Å². The van der Waals surface area contributed by atoms with Crippen LogP contribution in [0.5, 0.6) is 0 Å². The summed E-state index contributed by atoms with van der Waals surface area (Å²) in [6, 6.07) is 7.97. The maximum atomic E-state index is 8.86. The molecule has 0 radical (unpaired) electrons. The van der Waals surface area contributed by atoms with Gasteiger partial charge in [-0.05, 0) is 30.7 Å². The van der Waals surface area contributed by atoms with Crippen molar-refractivity contribution in [3.8, 4) is 6.07 Å². The van der Waals surface area contributed by atoms with Gasteiger partial charge in [0, 0.05) is 31.9 Å². The van der Waals surface area contributed by atoms with Gasteiger partial charge in [0.25, 0.3) is 0 Å². The number of nitriles is 1. The van der Waals surface area contributed by atoms with Gasteiger partial charge in [-0.3, -0.25) is 4.90 Å². The summed E-state index contributed by atoms with van der Waals surface area (Å²) in [4.78, 5) is 4.49. The Kier molecular flexibility index (Phi) is 4.15. The van der Waals surface area contributed by atoms with Crippen LogP contribution in [0, 0.1) is 18.3 Å². The van der Waals surface area contributed by atoms with Crippen molar-refractivity contribution in [1.82, 2.24) is 10.4 Å². The summed E-state index contributed by atoms with van der Waals surface area (Å²) >= 11 is 0. The molecule has 0 amide bonds. The van der Waals surface area contributed by atoms with Crippen LogP contribution in [-0.4, -0.2) is 43.0 Å². The predicted octanol–water partition coefficient (Wildman–Crippen LogP) is 0.925. The van der Waals surface area contributed by atoms with Crippen molar-refractivity contribution in [2.24, 2.45) is 0 Å². The van der Waals surface area contributed by atoms with E-state index in [4.69, 9.17) is 10.5 Å². The van der Waals surface area contributed by atoms with Crippen LogP contribution in [0.4, 0.5) is 5.69 Å². The summed E-state index contributed by atoms with van der Waals surface area (Å²) in [6.07, 6.45) is 0. The molecule has 1 aliphatic rings. The molecular formula is C13H18N4O. The molecule has 1 fully saturated rings. The third-order valence-electron chi connectivity index (χ3n) is 3.33. The molecule has 0 aliphatic carbocycles. The zero-order valence-electron chi connectivity index (χ0n) is 10.6. The van der Waals surface area contributed by atoms with Crippen LogP contribution < -0.4 is 10.4 Å². The Bertz CT molecular complexity index is 447. The molecule has 1 aromatic rings. The van der Waals surface area contributed by atoms with Crippen molar-refractivity contribution < 1.29 is 5.21 Å². The molecule has 0 unspecified atom stereocenters. The van der Waals surface area contributed by atoms with Crippen molar-refractivity contribution in [3.05, 3.63) is 29.3 Å². The molecule has 96 valence electrons. The molecule has 1 heterocycles. The average Bonchev–Trinajstić information content (AvgIpc) is 2.40.